The molecule has 1 aromatic rings. The van der Waals surface area contributed by atoms with Gasteiger partial charge in [-0.25, -0.2) is 0 Å². The molecule has 1 N–H and O–H groups in total. The third kappa shape index (κ3) is 4.74. The summed E-state index contributed by atoms with van der Waals surface area (Å²) in [5.41, 5.74) is 2.33. The van der Waals surface area contributed by atoms with Crippen LogP contribution in [0.4, 0.5) is 5.69 Å². The topological polar surface area (TPSA) is 77.0 Å². The zero-order valence-electron chi connectivity index (χ0n) is 13.2. The molecule has 0 bridgehead atoms. The SMILES string of the molecule is COP(=O)(OC)/C(=N\Nc1ccc(Br)cc1)C(=O)C(C)(C)C. The predicted octanol–water partition coefficient (Wildman–Crippen LogP) is 4.28. The van der Waals surface area contributed by atoms with Crippen molar-refractivity contribution >= 4 is 40.4 Å². The van der Waals surface area contributed by atoms with Crippen molar-refractivity contribution in [3.8, 4) is 0 Å². The van der Waals surface area contributed by atoms with E-state index in [9.17, 15) is 9.36 Å². The van der Waals surface area contributed by atoms with E-state index in [1.807, 2.05) is 12.1 Å². The molecular weight excluding hydrogens is 371 g/mol. The number of ketones is 1. The van der Waals surface area contributed by atoms with Crippen LogP contribution in [0, 0.1) is 5.41 Å². The lowest BCUT2D eigenvalue weighted by atomic mass is 9.91. The summed E-state index contributed by atoms with van der Waals surface area (Å²) in [6.07, 6.45) is 0. The number of hydrogen-bond donors (Lipinski definition) is 1. The zero-order chi connectivity index (χ0) is 17.0. The van der Waals surface area contributed by atoms with Crippen LogP contribution in [0.3, 0.4) is 0 Å². The minimum absolute atomic E-state index is 0.257. The Bertz CT molecular complexity index is 600. The molecule has 0 spiro atoms. The maximum atomic E-state index is 12.6. The van der Waals surface area contributed by atoms with E-state index in [0.29, 0.717) is 5.69 Å². The third-order valence-electron chi connectivity index (χ3n) is 2.76. The van der Waals surface area contributed by atoms with Crippen LogP contribution < -0.4 is 5.43 Å². The maximum absolute atomic E-state index is 12.6. The summed E-state index contributed by atoms with van der Waals surface area (Å²) in [5, 5.41) is 3.99. The van der Waals surface area contributed by atoms with Gasteiger partial charge in [0.1, 0.15) is 0 Å². The van der Waals surface area contributed by atoms with E-state index in [1.165, 1.54) is 14.2 Å². The third-order valence-corrected chi connectivity index (χ3v) is 5.07. The highest BCUT2D eigenvalue weighted by Crippen LogP contribution is 2.49. The highest BCUT2D eigenvalue weighted by molar-refractivity contribution is 9.10. The molecule has 0 saturated carbocycles. The summed E-state index contributed by atoms with van der Waals surface area (Å²) in [6.45, 7) is 5.13. The van der Waals surface area contributed by atoms with Gasteiger partial charge in [-0.1, -0.05) is 36.7 Å². The summed E-state index contributed by atoms with van der Waals surface area (Å²) in [4.78, 5) is 12.5. The van der Waals surface area contributed by atoms with Gasteiger partial charge in [0, 0.05) is 24.1 Å². The van der Waals surface area contributed by atoms with Gasteiger partial charge in [-0.15, -0.1) is 0 Å². The van der Waals surface area contributed by atoms with E-state index in [4.69, 9.17) is 9.05 Å². The average Bonchev–Trinajstić information content (AvgIpc) is 2.47. The van der Waals surface area contributed by atoms with Crippen molar-refractivity contribution in [3.05, 3.63) is 28.7 Å². The van der Waals surface area contributed by atoms with Crippen molar-refractivity contribution < 1.29 is 18.4 Å². The molecule has 0 aliphatic carbocycles. The second-order valence-electron chi connectivity index (χ2n) is 5.50. The second kappa shape index (κ2) is 7.51. The Balaban J connectivity index is 3.20. The number of nitrogens with zero attached hydrogens (tertiary/aromatic N) is 1. The van der Waals surface area contributed by atoms with Crippen molar-refractivity contribution in [2.24, 2.45) is 10.5 Å². The number of halogens is 1. The van der Waals surface area contributed by atoms with E-state index in [1.54, 1.807) is 32.9 Å². The number of carbonyl (C=O) groups excluding carboxylic acids is 1. The van der Waals surface area contributed by atoms with Crippen molar-refractivity contribution in [1.29, 1.82) is 0 Å². The van der Waals surface area contributed by atoms with Crippen LogP contribution >= 0.6 is 23.5 Å². The van der Waals surface area contributed by atoms with Gasteiger partial charge in [0.25, 0.3) is 0 Å². The molecule has 0 atom stereocenters. The van der Waals surface area contributed by atoms with Crippen LogP contribution in [0.1, 0.15) is 20.8 Å². The lowest BCUT2D eigenvalue weighted by Gasteiger charge is -2.21. The van der Waals surface area contributed by atoms with Crippen molar-refractivity contribution in [1.82, 2.24) is 0 Å². The molecule has 0 radical (unpaired) electrons. The van der Waals surface area contributed by atoms with Crippen LogP contribution in [-0.4, -0.2) is 25.5 Å². The molecule has 0 amide bonds. The number of Topliss-reactive ketones (excluding diaryl/α,β-unsaturated/α-hetero) is 1. The van der Waals surface area contributed by atoms with E-state index < -0.39 is 18.8 Å². The van der Waals surface area contributed by atoms with Gasteiger partial charge in [-0.3, -0.25) is 14.8 Å². The van der Waals surface area contributed by atoms with Crippen LogP contribution in [-0.2, 0) is 18.4 Å². The Morgan fingerprint density at radius 2 is 1.68 bits per heavy atom. The first kappa shape index (κ1) is 19.0. The lowest BCUT2D eigenvalue weighted by molar-refractivity contribution is -0.119. The predicted molar refractivity (Wildman–Crippen MR) is 91.3 cm³/mol. The summed E-state index contributed by atoms with van der Waals surface area (Å²) in [5.74, 6) is -0.413. The number of carbonyl (C=O) groups is 1. The number of anilines is 1. The van der Waals surface area contributed by atoms with Crippen molar-refractivity contribution in [3.63, 3.8) is 0 Å². The number of hydrogen-bond acceptors (Lipinski definition) is 6. The van der Waals surface area contributed by atoms with E-state index in [2.05, 4.69) is 26.5 Å². The van der Waals surface area contributed by atoms with Crippen LogP contribution in [0.2, 0.25) is 0 Å². The first-order chi connectivity index (χ1) is 10.1. The number of hydrazone groups is 1. The Morgan fingerprint density at radius 3 is 2.09 bits per heavy atom. The summed E-state index contributed by atoms with van der Waals surface area (Å²) < 4.78 is 23.3. The fourth-order valence-corrected chi connectivity index (χ4v) is 2.98. The Hall–Kier alpha value is -1.01. The van der Waals surface area contributed by atoms with Gasteiger partial charge in [0.15, 0.2) is 5.78 Å². The molecule has 8 heteroatoms. The van der Waals surface area contributed by atoms with Gasteiger partial charge in [0.05, 0.1) is 5.69 Å². The van der Waals surface area contributed by atoms with E-state index in [-0.39, 0.29) is 5.45 Å². The van der Waals surface area contributed by atoms with Crippen LogP contribution in [0.25, 0.3) is 0 Å². The normalized spacial score (nSPS) is 13.1. The molecule has 6 nitrogen and oxygen atoms in total. The first-order valence-corrected chi connectivity index (χ1v) is 8.84. The molecule has 122 valence electrons. The fourth-order valence-electron chi connectivity index (χ4n) is 1.46. The quantitative estimate of drug-likeness (QED) is 0.445. The highest BCUT2D eigenvalue weighted by Gasteiger charge is 2.40. The largest absolute Gasteiger partial charge is 0.384 e. The Morgan fingerprint density at radius 1 is 1.18 bits per heavy atom. The van der Waals surface area contributed by atoms with Crippen LogP contribution in [0.5, 0.6) is 0 Å². The van der Waals surface area contributed by atoms with Gasteiger partial charge in [-0.2, -0.15) is 5.10 Å². The molecule has 22 heavy (non-hydrogen) atoms. The monoisotopic (exact) mass is 390 g/mol. The van der Waals surface area contributed by atoms with Gasteiger partial charge < -0.3 is 9.05 Å². The number of rotatable bonds is 6. The zero-order valence-corrected chi connectivity index (χ0v) is 15.7. The molecule has 0 unspecified atom stereocenters. The number of benzene rings is 1. The van der Waals surface area contributed by atoms with Gasteiger partial charge in [0.2, 0.25) is 5.45 Å². The van der Waals surface area contributed by atoms with E-state index >= 15 is 0 Å². The van der Waals surface area contributed by atoms with Crippen molar-refractivity contribution in [2.75, 3.05) is 19.6 Å². The summed E-state index contributed by atoms with van der Waals surface area (Å²) in [6, 6.07) is 7.15. The number of nitrogens with one attached hydrogen (secondary N) is 1. The first-order valence-electron chi connectivity index (χ1n) is 6.50. The summed E-state index contributed by atoms with van der Waals surface area (Å²) in [7, 11) is -1.33. The summed E-state index contributed by atoms with van der Waals surface area (Å²) >= 11 is 3.33. The Labute approximate surface area is 138 Å². The fraction of sp³-hybridized carbons (Fsp3) is 0.429. The molecule has 0 aliphatic heterocycles. The molecule has 0 aliphatic rings. The molecule has 0 aromatic heterocycles. The minimum Gasteiger partial charge on any atom is -0.307 e. The van der Waals surface area contributed by atoms with Gasteiger partial charge in [-0.05, 0) is 24.3 Å². The molecule has 0 saturated heterocycles. The standard InChI is InChI=1S/C14H20BrN2O4P/c1-14(2,3)12(18)13(22(19,20-4)21-5)17-16-11-8-6-10(15)7-9-11/h6-9,16H,1-5H3/b17-13-. The van der Waals surface area contributed by atoms with Crippen molar-refractivity contribution in [2.45, 2.75) is 20.8 Å². The van der Waals surface area contributed by atoms with E-state index in [0.717, 1.165) is 4.47 Å². The molecular formula is C14H20BrN2O4P. The highest BCUT2D eigenvalue weighted by atomic mass is 79.9. The maximum Gasteiger partial charge on any atom is 0.384 e. The average molecular weight is 391 g/mol. The molecule has 1 rings (SSSR count). The Kier molecular flexibility index (Phi) is 6.50. The van der Waals surface area contributed by atoms with Gasteiger partial charge >= 0.3 is 7.60 Å². The minimum atomic E-state index is -3.76. The lowest BCUT2D eigenvalue weighted by Crippen LogP contribution is -2.30. The second-order valence-corrected chi connectivity index (χ2v) is 8.56. The molecule has 0 heterocycles. The smallest absolute Gasteiger partial charge is 0.307 e. The van der Waals surface area contributed by atoms with Crippen LogP contribution in [0.15, 0.2) is 33.8 Å². The molecule has 0 fully saturated rings. The molecule has 1 aromatic carbocycles.